The van der Waals surface area contributed by atoms with Crippen molar-refractivity contribution in [2.75, 3.05) is 18.2 Å². The zero-order valence-corrected chi connectivity index (χ0v) is 11.8. The number of aliphatic hydroxyl groups is 1. The van der Waals surface area contributed by atoms with Gasteiger partial charge in [0.25, 0.3) is 0 Å². The maximum Gasteiger partial charge on any atom is 0.395 e. The number of para-hydroxylation sites is 1. The van der Waals surface area contributed by atoms with Gasteiger partial charge >= 0.3 is 11.9 Å². The number of carbonyl (C=O) groups is 2. The molecule has 6 nitrogen and oxygen atoms in total. The lowest BCUT2D eigenvalue weighted by atomic mass is 10.0. The standard InChI is InChI=1S/C14H19NO5/c1-4-20-8-15(13(17)14(18)19)12-9(2)6-5-7-11(12)10(3)16/h5-7,10,16H,4,8H2,1-3H3,(H,18,19). The van der Waals surface area contributed by atoms with E-state index < -0.39 is 18.0 Å². The Morgan fingerprint density at radius 3 is 2.55 bits per heavy atom. The molecule has 1 atom stereocenters. The molecule has 0 radical (unpaired) electrons. The van der Waals surface area contributed by atoms with Gasteiger partial charge in [-0.2, -0.15) is 0 Å². The number of carboxylic acids is 1. The number of nitrogens with zero attached hydrogens (tertiary/aromatic N) is 1. The van der Waals surface area contributed by atoms with Crippen LogP contribution in [0.15, 0.2) is 18.2 Å². The topological polar surface area (TPSA) is 87.1 Å². The largest absolute Gasteiger partial charge is 0.474 e. The normalized spacial score (nSPS) is 12.0. The summed E-state index contributed by atoms with van der Waals surface area (Å²) in [6.45, 7) is 5.22. The van der Waals surface area contributed by atoms with E-state index in [0.29, 0.717) is 23.4 Å². The van der Waals surface area contributed by atoms with Crippen LogP contribution in [0.4, 0.5) is 5.69 Å². The molecule has 1 unspecified atom stereocenters. The molecule has 0 aliphatic heterocycles. The van der Waals surface area contributed by atoms with Crippen molar-refractivity contribution in [3.05, 3.63) is 29.3 Å². The van der Waals surface area contributed by atoms with Crippen LogP contribution in [-0.2, 0) is 14.3 Å². The number of aliphatic carboxylic acids is 1. The Morgan fingerprint density at radius 2 is 2.05 bits per heavy atom. The van der Waals surface area contributed by atoms with Gasteiger partial charge in [0.1, 0.15) is 6.73 Å². The number of hydrogen-bond donors (Lipinski definition) is 2. The molecule has 0 saturated heterocycles. The first-order valence-corrected chi connectivity index (χ1v) is 6.30. The summed E-state index contributed by atoms with van der Waals surface area (Å²) in [5.74, 6) is -2.65. The summed E-state index contributed by atoms with van der Waals surface area (Å²) in [6.07, 6.45) is -0.823. The number of hydrogen-bond acceptors (Lipinski definition) is 4. The maximum atomic E-state index is 11.8. The Hall–Kier alpha value is -1.92. The molecule has 110 valence electrons. The Kier molecular flexibility index (Phi) is 5.66. The molecule has 0 aromatic heterocycles. The quantitative estimate of drug-likeness (QED) is 0.630. The van der Waals surface area contributed by atoms with E-state index >= 15 is 0 Å². The fourth-order valence-corrected chi connectivity index (χ4v) is 1.91. The average molecular weight is 281 g/mol. The van der Waals surface area contributed by atoms with Gasteiger partial charge in [-0.05, 0) is 26.3 Å². The van der Waals surface area contributed by atoms with E-state index in [2.05, 4.69) is 0 Å². The van der Waals surface area contributed by atoms with Crippen molar-refractivity contribution < 1.29 is 24.5 Å². The monoisotopic (exact) mass is 281 g/mol. The number of rotatable bonds is 5. The molecular formula is C14H19NO5. The highest BCUT2D eigenvalue weighted by atomic mass is 16.5. The zero-order valence-electron chi connectivity index (χ0n) is 11.8. The second-order valence-corrected chi connectivity index (χ2v) is 4.35. The lowest BCUT2D eigenvalue weighted by Crippen LogP contribution is -2.39. The van der Waals surface area contributed by atoms with Crippen LogP contribution in [-0.4, -0.2) is 35.4 Å². The second-order valence-electron chi connectivity index (χ2n) is 4.35. The third-order valence-corrected chi connectivity index (χ3v) is 2.84. The van der Waals surface area contributed by atoms with Gasteiger partial charge in [-0.3, -0.25) is 9.69 Å². The van der Waals surface area contributed by atoms with Gasteiger partial charge in [0, 0.05) is 12.2 Å². The summed E-state index contributed by atoms with van der Waals surface area (Å²) in [6, 6.07) is 5.14. The fraction of sp³-hybridized carbons (Fsp3) is 0.429. The van der Waals surface area contributed by atoms with Gasteiger partial charge in [0.15, 0.2) is 0 Å². The van der Waals surface area contributed by atoms with Gasteiger partial charge in [0.05, 0.1) is 11.8 Å². The molecule has 2 N–H and O–H groups in total. The van der Waals surface area contributed by atoms with E-state index in [1.165, 1.54) is 0 Å². The number of anilines is 1. The molecule has 1 amide bonds. The highest BCUT2D eigenvalue weighted by Gasteiger charge is 2.27. The second kappa shape index (κ2) is 7.02. The first-order chi connectivity index (χ1) is 9.40. The van der Waals surface area contributed by atoms with E-state index in [4.69, 9.17) is 9.84 Å². The minimum absolute atomic E-state index is 0.174. The number of aliphatic hydroxyl groups excluding tert-OH is 1. The van der Waals surface area contributed by atoms with Crippen molar-refractivity contribution in [1.82, 2.24) is 0 Å². The van der Waals surface area contributed by atoms with Crippen molar-refractivity contribution in [2.45, 2.75) is 26.9 Å². The number of carbonyl (C=O) groups excluding carboxylic acids is 1. The van der Waals surface area contributed by atoms with Crippen LogP contribution in [0.5, 0.6) is 0 Å². The number of benzene rings is 1. The van der Waals surface area contributed by atoms with E-state index in [0.717, 1.165) is 4.90 Å². The smallest absolute Gasteiger partial charge is 0.395 e. The van der Waals surface area contributed by atoms with E-state index in [1.807, 2.05) is 0 Å². The highest BCUT2D eigenvalue weighted by Crippen LogP contribution is 2.30. The van der Waals surface area contributed by atoms with Crippen LogP contribution >= 0.6 is 0 Å². The molecule has 0 saturated carbocycles. The predicted molar refractivity (Wildman–Crippen MR) is 73.4 cm³/mol. The van der Waals surface area contributed by atoms with Crippen molar-refractivity contribution in [3.63, 3.8) is 0 Å². The summed E-state index contributed by atoms with van der Waals surface area (Å²) in [7, 11) is 0. The van der Waals surface area contributed by atoms with Crippen molar-refractivity contribution in [1.29, 1.82) is 0 Å². The Bertz CT molecular complexity index is 498. The Morgan fingerprint density at radius 1 is 1.40 bits per heavy atom. The lowest BCUT2D eigenvalue weighted by molar-refractivity contribution is -0.149. The third kappa shape index (κ3) is 3.55. The summed E-state index contributed by atoms with van der Waals surface area (Å²) in [5, 5.41) is 18.7. The molecule has 0 heterocycles. The molecular weight excluding hydrogens is 262 g/mol. The van der Waals surface area contributed by atoms with Gasteiger partial charge in [-0.25, -0.2) is 4.79 Å². The van der Waals surface area contributed by atoms with Crippen LogP contribution in [0, 0.1) is 6.92 Å². The molecule has 1 rings (SSSR count). The highest BCUT2D eigenvalue weighted by molar-refractivity contribution is 6.37. The molecule has 6 heteroatoms. The van der Waals surface area contributed by atoms with Crippen molar-refractivity contribution >= 4 is 17.6 Å². The molecule has 1 aromatic carbocycles. The summed E-state index contributed by atoms with van der Waals surface area (Å²) in [4.78, 5) is 23.8. The van der Waals surface area contributed by atoms with Crippen LogP contribution < -0.4 is 4.90 Å². The third-order valence-electron chi connectivity index (χ3n) is 2.84. The van der Waals surface area contributed by atoms with Crippen LogP contribution in [0.2, 0.25) is 0 Å². The number of amides is 1. The van der Waals surface area contributed by atoms with E-state index in [-0.39, 0.29) is 6.73 Å². The van der Waals surface area contributed by atoms with E-state index in [9.17, 15) is 14.7 Å². The first kappa shape index (κ1) is 16.1. The molecule has 0 spiro atoms. The van der Waals surface area contributed by atoms with Crippen molar-refractivity contribution in [3.8, 4) is 0 Å². The summed E-state index contributed by atoms with van der Waals surface area (Å²) >= 11 is 0. The van der Waals surface area contributed by atoms with E-state index in [1.54, 1.807) is 39.0 Å². The summed E-state index contributed by atoms with van der Waals surface area (Å²) in [5.41, 5.74) is 1.56. The molecule has 0 bridgehead atoms. The lowest BCUT2D eigenvalue weighted by Gasteiger charge is -2.26. The summed E-state index contributed by atoms with van der Waals surface area (Å²) < 4.78 is 5.17. The first-order valence-electron chi connectivity index (χ1n) is 6.30. The SMILES string of the molecule is CCOCN(C(=O)C(=O)O)c1c(C)cccc1C(C)O. The van der Waals surface area contributed by atoms with Crippen LogP contribution in [0.3, 0.4) is 0 Å². The van der Waals surface area contributed by atoms with Crippen molar-refractivity contribution in [2.24, 2.45) is 0 Å². The maximum absolute atomic E-state index is 11.8. The van der Waals surface area contributed by atoms with Crippen LogP contribution in [0.1, 0.15) is 31.1 Å². The minimum Gasteiger partial charge on any atom is -0.474 e. The molecule has 20 heavy (non-hydrogen) atoms. The number of carboxylic acid groups (broad SMARTS) is 1. The van der Waals surface area contributed by atoms with Crippen LogP contribution in [0.25, 0.3) is 0 Å². The predicted octanol–water partition coefficient (Wildman–Crippen LogP) is 1.46. The van der Waals surface area contributed by atoms with Gasteiger partial charge in [-0.15, -0.1) is 0 Å². The zero-order chi connectivity index (χ0) is 15.3. The molecule has 0 aliphatic rings. The number of aryl methyl sites for hydroxylation is 1. The molecule has 0 fully saturated rings. The van der Waals surface area contributed by atoms with Gasteiger partial charge in [0.2, 0.25) is 0 Å². The fourth-order valence-electron chi connectivity index (χ4n) is 1.91. The number of ether oxygens (including phenoxy) is 1. The average Bonchev–Trinajstić information content (AvgIpc) is 2.39. The van der Waals surface area contributed by atoms with Gasteiger partial charge in [-0.1, -0.05) is 18.2 Å². The van der Waals surface area contributed by atoms with Gasteiger partial charge < -0.3 is 14.9 Å². The minimum atomic E-state index is -1.57. The Balaban J connectivity index is 3.32. The Labute approximate surface area is 117 Å². The molecule has 0 aliphatic carbocycles. The molecule has 1 aromatic rings.